The van der Waals surface area contributed by atoms with E-state index < -0.39 is 0 Å². The van der Waals surface area contributed by atoms with Crippen molar-refractivity contribution in [2.45, 2.75) is 39.2 Å². The number of aromatic nitrogens is 2. The zero-order chi connectivity index (χ0) is 12.4. The molecule has 0 amide bonds. The number of nitrogens with two attached hydrogens (primary N) is 1. The van der Waals surface area contributed by atoms with Crippen LogP contribution in [0.1, 0.15) is 31.3 Å². The first-order valence-electron chi connectivity index (χ1n) is 6.39. The first-order valence-corrected chi connectivity index (χ1v) is 6.39. The quantitative estimate of drug-likeness (QED) is 0.858. The van der Waals surface area contributed by atoms with Gasteiger partial charge in [0.1, 0.15) is 11.6 Å². The summed E-state index contributed by atoms with van der Waals surface area (Å²) in [5.74, 6) is 2.63. The molecule has 17 heavy (non-hydrogen) atoms. The van der Waals surface area contributed by atoms with Crippen LogP contribution in [-0.4, -0.2) is 29.6 Å². The fourth-order valence-electron chi connectivity index (χ4n) is 2.41. The number of aryl methyl sites for hydroxylation is 2. The lowest BCUT2D eigenvalue weighted by atomic mass is 9.80. The number of rotatable bonds is 4. The van der Waals surface area contributed by atoms with Gasteiger partial charge in [-0.05, 0) is 32.1 Å². The van der Waals surface area contributed by atoms with Gasteiger partial charge in [-0.1, -0.05) is 6.92 Å². The summed E-state index contributed by atoms with van der Waals surface area (Å²) in [4.78, 5) is 11.1. The molecule has 0 aliphatic heterocycles. The molecule has 4 nitrogen and oxygen atoms in total. The molecular weight excluding hydrogens is 212 g/mol. The highest BCUT2D eigenvalue weighted by molar-refractivity contribution is 5.39. The molecule has 1 fully saturated rings. The Labute approximate surface area is 103 Å². The molecule has 2 N–H and O–H groups in total. The van der Waals surface area contributed by atoms with E-state index in [0.717, 1.165) is 49.1 Å². The normalized spacial score (nSPS) is 23.3. The standard InChI is InChI=1S/C13H22N4/c1-4-12-7-13(16-9(2)15-12)17(3)8-10-5-11(14)6-10/h7,10-11H,4-6,8,14H2,1-3H3. The van der Waals surface area contributed by atoms with Gasteiger partial charge in [0.15, 0.2) is 0 Å². The van der Waals surface area contributed by atoms with Crippen LogP contribution in [-0.2, 0) is 6.42 Å². The van der Waals surface area contributed by atoms with E-state index in [9.17, 15) is 0 Å². The number of anilines is 1. The van der Waals surface area contributed by atoms with Gasteiger partial charge in [-0.25, -0.2) is 9.97 Å². The van der Waals surface area contributed by atoms with Gasteiger partial charge < -0.3 is 10.6 Å². The van der Waals surface area contributed by atoms with Crippen LogP contribution in [0.3, 0.4) is 0 Å². The Balaban J connectivity index is 2.02. The van der Waals surface area contributed by atoms with Crippen molar-refractivity contribution >= 4 is 5.82 Å². The van der Waals surface area contributed by atoms with E-state index in [4.69, 9.17) is 5.73 Å². The largest absolute Gasteiger partial charge is 0.359 e. The van der Waals surface area contributed by atoms with Crippen LogP contribution < -0.4 is 10.6 Å². The average molecular weight is 234 g/mol. The second kappa shape index (κ2) is 5.00. The SMILES string of the molecule is CCc1cc(N(C)CC2CC(N)C2)nc(C)n1. The Morgan fingerprint density at radius 1 is 1.41 bits per heavy atom. The van der Waals surface area contributed by atoms with Gasteiger partial charge in [0, 0.05) is 31.4 Å². The van der Waals surface area contributed by atoms with Crippen LogP contribution in [0.5, 0.6) is 0 Å². The zero-order valence-corrected chi connectivity index (χ0v) is 11.0. The van der Waals surface area contributed by atoms with Gasteiger partial charge in [0.25, 0.3) is 0 Å². The van der Waals surface area contributed by atoms with Gasteiger partial charge in [-0.3, -0.25) is 0 Å². The summed E-state index contributed by atoms with van der Waals surface area (Å²) in [5.41, 5.74) is 6.92. The van der Waals surface area contributed by atoms with Gasteiger partial charge in [-0.15, -0.1) is 0 Å². The minimum Gasteiger partial charge on any atom is -0.359 e. The van der Waals surface area contributed by atoms with E-state index in [1.54, 1.807) is 0 Å². The Morgan fingerprint density at radius 2 is 2.12 bits per heavy atom. The maximum absolute atomic E-state index is 5.81. The third-order valence-electron chi connectivity index (χ3n) is 3.44. The van der Waals surface area contributed by atoms with E-state index >= 15 is 0 Å². The highest BCUT2D eigenvalue weighted by atomic mass is 15.2. The molecule has 0 radical (unpaired) electrons. The lowest BCUT2D eigenvalue weighted by Crippen LogP contribution is -2.42. The molecule has 0 bridgehead atoms. The van der Waals surface area contributed by atoms with Crippen molar-refractivity contribution in [3.8, 4) is 0 Å². The minimum absolute atomic E-state index is 0.423. The molecule has 1 heterocycles. The summed E-state index contributed by atoms with van der Waals surface area (Å²) >= 11 is 0. The molecule has 0 saturated heterocycles. The number of nitrogens with zero attached hydrogens (tertiary/aromatic N) is 3. The minimum atomic E-state index is 0.423. The van der Waals surface area contributed by atoms with Crippen molar-refractivity contribution in [2.24, 2.45) is 11.7 Å². The molecule has 1 aromatic rings. The molecule has 1 aliphatic rings. The molecule has 1 aromatic heterocycles. The van der Waals surface area contributed by atoms with Crippen molar-refractivity contribution in [2.75, 3.05) is 18.5 Å². The first kappa shape index (κ1) is 12.3. The third kappa shape index (κ3) is 2.94. The van der Waals surface area contributed by atoms with Crippen LogP contribution in [0.4, 0.5) is 5.82 Å². The highest BCUT2D eigenvalue weighted by Gasteiger charge is 2.27. The molecule has 0 spiro atoms. The molecule has 1 saturated carbocycles. The summed E-state index contributed by atoms with van der Waals surface area (Å²) in [6.45, 7) is 5.12. The van der Waals surface area contributed by atoms with Crippen molar-refractivity contribution < 1.29 is 0 Å². The third-order valence-corrected chi connectivity index (χ3v) is 3.44. The molecule has 4 heteroatoms. The summed E-state index contributed by atoms with van der Waals surface area (Å²) in [5, 5.41) is 0. The monoisotopic (exact) mass is 234 g/mol. The Morgan fingerprint density at radius 3 is 2.71 bits per heavy atom. The fourth-order valence-corrected chi connectivity index (χ4v) is 2.41. The number of hydrogen-bond donors (Lipinski definition) is 1. The van der Waals surface area contributed by atoms with E-state index in [1.807, 2.05) is 6.92 Å². The van der Waals surface area contributed by atoms with E-state index in [1.165, 1.54) is 0 Å². The van der Waals surface area contributed by atoms with E-state index in [2.05, 4.69) is 34.9 Å². The maximum Gasteiger partial charge on any atom is 0.132 e. The second-order valence-corrected chi connectivity index (χ2v) is 5.10. The summed E-state index contributed by atoms with van der Waals surface area (Å²) in [6.07, 6.45) is 3.25. The smallest absolute Gasteiger partial charge is 0.132 e. The molecular formula is C13H22N4. The first-order chi connectivity index (χ1) is 8.08. The average Bonchev–Trinajstić information content (AvgIpc) is 2.26. The second-order valence-electron chi connectivity index (χ2n) is 5.10. The summed E-state index contributed by atoms with van der Waals surface area (Å²) in [7, 11) is 2.10. The van der Waals surface area contributed by atoms with E-state index in [-0.39, 0.29) is 0 Å². The Hall–Kier alpha value is -1.16. The van der Waals surface area contributed by atoms with Crippen molar-refractivity contribution in [1.29, 1.82) is 0 Å². The lowest BCUT2D eigenvalue weighted by Gasteiger charge is -2.35. The molecule has 94 valence electrons. The zero-order valence-electron chi connectivity index (χ0n) is 11.0. The fraction of sp³-hybridized carbons (Fsp3) is 0.692. The summed E-state index contributed by atoms with van der Waals surface area (Å²) < 4.78 is 0. The lowest BCUT2D eigenvalue weighted by molar-refractivity contribution is 0.270. The van der Waals surface area contributed by atoms with Gasteiger partial charge in [-0.2, -0.15) is 0 Å². The van der Waals surface area contributed by atoms with Crippen LogP contribution in [0, 0.1) is 12.8 Å². The van der Waals surface area contributed by atoms with Crippen molar-refractivity contribution in [1.82, 2.24) is 9.97 Å². The summed E-state index contributed by atoms with van der Waals surface area (Å²) in [6, 6.07) is 2.51. The highest BCUT2D eigenvalue weighted by Crippen LogP contribution is 2.27. The van der Waals surface area contributed by atoms with Gasteiger partial charge in [0.2, 0.25) is 0 Å². The van der Waals surface area contributed by atoms with E-state index in [0.29, 0.717) is 6.04 Å². The number of hydrogen-bond acceptors (Lipinski definition) is 4. The van der Waals surface area contributed by atoms with Crippen LogP contribution in [0.25, 0.3) is 0 Å². The Kier molecular flexibility index (Phi) is 3.62. The van der Waals surface area contributed by atoms with Crippen LogP contribution in [0.15, 0.2) is 6.07 Å². The topological polar surface area (TPSA) is 55.0 Å². The molecule has 0 atom stereocenters. The van der Waals surface area contributed by atoms with Crippen molar-refractivity contribution in [3.63, 3.8) is 0 Å². The van der Waals surface area contributed by atoms with Gasteiger partial charge in [0.05, 0.1) is 0 Å². The molecule has 2 rings (SSSR count). The van der Waals surface area contributed by atoms with Crippen LogP contribution >= 0.6 is 0 Å². The Bertz CT molecular complexity index is 385. The van der Waals surface area contributed by atoms with Gasteiger partial charge >= 0.3 is 0 Å². The predicted molar refractivity (Wildman–Crippen MR) is 70.1 cm³/mol. The molecule has 0 unspecified atom stereocenters. The van der Waals surface area contributed by atoms with Crippen molar-refractivity contribution in [3.05, 3.63) is 17.6 Å². The predicted octanol–water partition coefficient (Wildman–Crippen LogP) is 1.52. The van der Waals surface area contributed by atoms with Crippen LogP contribution in [0.2, 0.25) is 0 Å². The maximum atomic E-state index is 5.81. The molecule has 0 aromatic carbocycles. The molecule has 1 aliphatic carbocycles.